The Morgan fingerprint density at radius 3 is 1.86 bits per heavy atom. The Morgan fingerprint density at radius 2 is 1.43 bits per heavy atom. The molecule has 21 heavy (non-hydrogen) atoms. The average Bonchev–Trinajstić information content (AvgIpc) is 2.50. The van der Waals surface area contributed by atoms with Crippen molar-refractivity contribution >= 4 is 5.97 Å². The minimum Gasteiger partial charge on any atom is -0.480 e. The molecule has 0 saturated carbocycles. The van der Waals surface area contributed by atoms with Crippen molar-refractivity contribution in [2.24, 2.45) is 11.5 Å². The van der Waals surface area contributed by atoms with Crippen molar-refractivity contribution < 1.29 is 9.90 Å². The van der Waals surface area contributed by atoms with Crippen LogP contribution in [0.5, 0.6) is 0 Å². The third kappa shape index (κ3) is 7.25. The van der Waals surface area contributed by atoms with Gasteiger partial charge in [0.1, 0.15) is 6.04 Å². The summed E-state index contributed by atoms with van der Waals surface area (Å²) in [5, 5.41) is 8.52. The van der Waals surface area contributed by atoms with E-state index < -0.39 is 12.0 Å². The Hall–Kier alpha value is -2.17. The normalized spacial score (nSPS) is 11.1. The average molecular weight is 286 g/mol. The van der Waals surface area contributed by atoms with Crippen LogP contribution in [0.25, 0.3) is 0 Å². The molecule has 0 amide bonds. The Balaban J connectivity index is 0.000000219. The van der Waals surface area contributed by atoms with E-state index in [0.717, 1.165) is 18.5 Å². The van der Waals surface area contributed by atoms with E-state index in [-0.39, 0.29) is 0 Å². The molecule has 0 aliphatic carbocycles. The molecule has 0 spiro atoms. The van der Waals surface area contributed by atoms with Crippen LogP contribution in [0.1, 0.15) is 11.1 Å². The van der Waals surface area contributed by atoms with E-state index in [2.05, 4.69) is 12.1 Å². The van der Waals surface area contributed by atoms with Gasteiger partial charge in [0, 0.05) is 0 Å². The first-order valence-corrected chi connectivity index (χ1v) is 6.89. The number of hydrogen-bond acceptors (Lipinski definition) is 3. The van der Waals surface area contributed by atoms with Gasteiger partial charge in [-0.3, -0.25) is 4.79 Å². The van der Waals surface area contributed by atoms with Crippen molar-refractivity contribution in [3.63, 3.8) is 0 Å². The lowest BCUT2D eigenvalue weighted by atomic mass is 10.1. The van der Waals surface area contributed by atoms with Gasteiger partial charge in [-0.15, -0.1) is 0 Å². The van der Waals surface area contributed by atoms with E-state index in [1.165, 1.54) is 5.56 Å². The quantitative estimate of drug-likeness (QED) is 0.782. The van der Waals surface area contributed by atoms with Crippen LogP contribution in [0.2, 0.25) is 0 Å². The summed E-state index contributed by atoms with van der Waals surface area (Å²) < 4.78 is 0. The fourth-order valence-corrected chi connectivity index (χ4v) is 1.77. The molecule has 1 atom stereocenters. The van der Waals surface area contributed by atoms with Crippen molar-refractivity contribution in [1.29, 1.82) is 0 Å². The van der Waals surface area contributed by atoms with Crippen LogP contribution in [0.4, 0.5) is 0 Å². The first-order chi connectivity index (χ1) is 10.1. The lowest BCUT2D eigenvalue weighted by Crippen LogP contribution is -2.32. The molecule has 0 radical (unpaired) electrons. The number of carboxylic acid groups (broad SMARTS) is 1. The molecular weight excluding hydrogens is 264 g/mol. The molecule has 0 fully saturated rings. The molecular formula is C17H22N2O2. The van der Waals surface area contributed by atoms with Gasteiger partial charge in [-0.2, -0.15) is 0 Å². The zero-order valence-corrected chi connectivity index (χ0v) is 12.0. The number of carbonyl (C=O) groups is 1. The van der Waals surface area contributed by atoms with Crippen molar-refractivity contribution in [3.05, 3.63) is 71.8 Å². The Morgan fingerprint density at radius 1 is 0.952 bits per heavy atom. The zero-order valence-electron chi connectivity index (χ0n) is 12.0. The fraction of sp³-hybridized carbons (Fsp3) is 0.235. The van der Waals surface area contributed by atoms with E-state index in [0.29, 0.717) is 6.42 Å². The molecule has 0 bridgehead atoms. The molecule has 5 N–H and O–H groups in total. The Bertz CT molecular complexity index is 515. The van der Waals surface area contributed by atoms with Crippen LogP contribution in [0.15, 0.2) is 60.7 Å². The van der Waals surface area contributed by atoms with Crippen molar-refractivity contribution in [3.8, 4) is 0 Å². The first-order valence-electron chi connectivity index (χ1n) is 6.89. The van der Waals surface area contributed by atoms with Gasteiger partial charge in [0.25, 0.3) is 0 Å². The second kappa shape index (κ2) is 9.69. The van der Waals surface area contributed by atoms with Crippen molar-refractivity contribution in [1.82, 2.24) is 0 Å². The number of benzene rings is 2. The Labute approximate surface area is 125 Å². The summed E-state index contributed by atoms with van der Waals surface area (Å²) in [6.07, 6.45) is 1.37. The second-order valence-electron chi connectivity index (χ2n) is 4.66. The fourth-order valence-electron chi connectivity index (χ4n) is 1.77. The lowest BCUT2D eigenvalue weighted by molar-refractivity contribution is -0.138. The molecule has 2 rings (SSSR count). The first kappa shape index (κ1) is 16.9. The van der Waals surface area contributed by atoms with Gasteiger partial charge in [0.2, 0.25) is 0 Å². The lowest BCUT2D eigenvalue weighted by Gasteiger charge is -2.04. The van der Waals surface area contributed by atoms with E-state index >= 15 is 0 Å². The highest BCUT2D eigenvalue weighted by Crippen LogP contribution is 2.01. The monoisotopic (exact) mass is 286 g/mol. The largest absolute Gasteiger partial charge is 0.480 e. The third-order valence-electron chi connectivity index (χ3n) is 2.89. The number of carboxylic acids is 1. The molecule has 0 aromatic heterocycles. The maximum absolute atomic E-state index is 10.4. The minimum atomic E-state index is -0.959. The summed E-state index contributed by atoms with van der Waals surface area (Å²) in [4.78, 5) is 10.4. The Kier molecular flexibility index (Phi) is 7.79. The van der Waals surface area contributed by atoms with Gasteiger partial charge in [0.15, 0.2) is 0 Å². The SMILES string of the molecule is NCCc1ccccc1.N[C@@H](Cc1ccccc1)C(=O)O. The maximum atomic E-state index is 10.4. The highest BCUT2D eigenvalue weighted by molar-refractivity contribution is 5.73. The van der Waals surface area contributed by atoms with Crippen molar-refractivity contribution in [2.45, 2.75) is 18.9 Å². The van der Waals surface area contributed by atoms with Gasteiger partial charge in [-0.1, -0.05) is 60.7 Å². The van der Waals surface area contributed by atoms with E-state index in [1.807, 2.05) is 48.5 Å². The smallest absolute Gasteiger partial charge is 0.320 e. The summed E-state index contributed by atoms with van der Waals surface area (Å²) in [6, 6.07) is 18.8. The predicted octanol–water partition coefficient (Wildman–Crippen LogP) is 1.83. The maximum Gasteiger partial charge on any atom is 0.320 e. The van der Waals surface area contributed by atoms with Crippen LogP contribution < -0.4 is 11.5 Å². The topological polar surface area (TPSA) is 89.3 Å². The number of aliphatic carboxylic acids is 1. The highest BCUT2D eigenvalue weighted by atomic mass is 16.4. The second-order valence-corrected chi connectivity index (χ2v) is 4.66. The highest BCUT2D eigenvalue weighted by Gasteiger charge is 2.10. The van der Waals surface area contributed by atoms with Gasteiger partial charge >= 0.3 is 5.97 Å². The summed E-state index contributed by atoms with van der Waals surface area (Å²) in [7, 11) is 0. The molecule has 0 aliphatic heterocycles. The molecule has 4 heteroatoms. The van der Waals surface area contributed by atoms with Crippen LogP contribution >= 0.6 is 0 Å². The third-order valence-corrected chi connectivity index (χ3v) is 2.89. The van der Waals surface area contributed by atoms with Gasteiger partial charge < -0.3 is 16.6 Å². The molecule has 112 valence electrons. The van der Waals surface area contributed by atoms with Crippen LogP contribution in [-0.4, -0.2) is 23.7 Å². The van der Waals surface area contributed by atoms with E-state index in [1.54, 1.807) is 0 Å². The van der Waals surface area contributed by atoms with Crippen LogP contribution in [0, 0.1) is 0 Å². The summed E-state index contributed by atoms with van der Waals surface area (Å²) in [5.74, 6) is -0.959. The van der Waals surface area contributed by atoms with E-state index in [9.17, 15) is 4.79 Å². The minimum absolute atomic E-state index is 0.385. The van der Waals surface area contributed by atoms with Crippen LogP contribution in [-0.2, 0) is 17.6 Å². The molecule has 0 heterocycles. The van der Waals surface area contributed by atoms with Gasteiger partial charge in [-0.25, -0.2) is 0 Å². The molecule has 2 aromatic carbocycles. The molecule has 2 aromatic rings. The van der Waals surface area contributed by atoms with Gasteiger partial charge in [0.05, 0.1) is 0 Å². The number of hydrogen-bond donors (Lipinski definition) is 3. The van der Waals surface area contributed by atoms with Gasteiger partial charge in [-0.05, 0) is 30.5 Å². The molecule has 0 aliphatic rings. The van der Waals surface area contributed by atoms with E-state index in [4.69, 9.17) is 16.6 Å². The molecule has 4 nitrogen and oxygen atoms in total. The zero-order chi connectivity index (χ0) is 15.5. The summed E-state index contributed by atoms with van der Waals surface area (Å²) >= 11 is 0. The van der Waals surface area contributed by atoms with Crippen LogP contribution in [0.3, 0.4) is 0 Å². The number of nitrogens with two attached hydrogens (primary N) is 2. The van der Waals surface area contributed by atoms with Crippen molar-refractivity contribution in [2.75, 3.05) is 6.54 Å². The predicted molar refractivity (Wildman–Crippen MR) is 85.0 cm³/mol. The molecule has 0 saturated heterocycles. The summed E-state index contributed by atoms with van der Waals surface area (Å²) in [6.45, 7) is 0.740. The summed E-state index contributed by atoms with van der Waals surface area (Å²) in [5.41, 5.74) is 13.0. The number of rotatable bonds is 5. The molecule has 0 unspecified atom stereocenters. The standard InChI is InChI=1S/C9H11NO2.C8H11N/c10-8(9(11)12)6-7-4-2-1-3-5-7;9-7-6-8-4-2-1-3-5-8/h1-5,8H,6,10H2,(H,11,12);1-5H,6-7,9H2/t8-;/m0./s1.